The summed E-state index contributed by atoms with van der Waals surface area (Å²) in [6.45, 7) is 6.70. The lowest BCUT2D eigenvalue weighted by molar-refractivity contribution is 0.0697. The zero-order valence-electron chi connectivity index (χ0n) is 23.3. The molecule has 0 aliphatic rings. The van der Waals surface area contributed by atoms with Gasteiger partial charge in [0.05, 0.1) is 23.3 Å². The summed E-state index contributed by atoms with van der Waals surface area (Å²) >= 11 is 0. The maximum atomic E-state index is 13.2. The second-order valence-corrected chi connectivity index (χ2v) is 10.4. The van der Waals surface area contributed by atoms with E-state index in [2.05, 4.69) is 31.2 Å². The van der Waals surface area contributed by atoms with Gasteiger partial charge < -0.3 is 10.4 Å². The Morgan fingerprint density at radius 3 is 2.39 bits per heavy atom. The summed E-state index contributed by atoms with van der Waals surface area (Å²) in [5.41, 5.74) is 7.11. The number of benzene rings is 4. The maximum absolute atomic E-state index is 13.2. The largest absolute Gasteiger partial charge is 0.478 e. The molecule has 5 aromatic rings. The topological polar surface area (TPSA) is 84.2 Å². The van der Waals surface area contributed by atoms with Gasteiger partial charge in [0.25, 0.3) is 5.91 Å². The number of carboxylic acids is 1. The van der Waals surface area contributed by atoms with Crippen molar-refractivity contribution in [2.75, 3.05) is 0 Å². The SMILES string of the molecule is C#C[C@H](NC(=O)c1ccc2c(c1)c(C)nn2Cc1ccc(-c2ccccc2C(=O)O)cc1)c1cccc(C(C)C)c1. The fourth-order valence-electron chi connectivity index (χ4n) is 5.02. The monoisotopic (exact) mass is 541 g/mol. The first-order valence-electron chi connectivity index (χ1n) is 13.5. The van der Waals surface area contributed by atoms with Gasteiger partial charge in [-0.2, -0.15) is 5.10 Å². The molecule has 1 atom stereocenters. The lowest BCUT2D eigenvalue weighted by Crippen LogP contribution is -2.27. The van der Waals surface area contributed by atoms with Crippen LogP contribution in [0.15, 0.2) is 91.0 Å². The number of fused-ring (bicyclic) bond motifs is 1. The van der Waals surface area contributed by atoms with Gasteiger partial charge >= 0.3 is 5.97 Å². The van der Waals surface area contributed by atoms with E-state index >= 15 is 0 Å². The van der Waals surface area contributed by atoms with E-state index in [4.69, 9.17) is 11.5 Å². The Morgan fingerprint density at radius 2 is 1.68 bits per heavy atom. The minimum Gasteiger partial charge on any atom is -0.478 e. The van der Waals surface area contributed by atoms with Gasteiger partial charge in [0, 0.05) is 10.9 Å². The van der Waals surface area contributed by atoms with Crippen molar-refractivity contribution in [1.82, 2.24) is 15.1 Å². The third-order valence-electron chi connectivity index (χ3n) is 7.30. The highest BCUT2D eigenvalue weighted by Crippen LogP contribution is 2.26. The van der Waals surface area contributed by atoms with Crippen LogP contribution in [0.1, 0.15) is 68.9 Å². The summed E-state index contributed by atoms with van der Waals surface area (Å²) in [6.07, 6.45) is 5.81. The molecule has 0 aliphatic heterocycles. The van der Waals surface area contributed by atoms with Crippen molar-refractivity contribution in [3.63, 3.8) is 0 Å². The molecule has 0 bridgehead atoms. The van der Waals surface area contributed by atoms with E-state index in [1.807, 2.05) is 78.3 Å². The number of aromatic carboxylic acids is 1. The third-order valence-corrected chi connectivity index (χ3v) is 7.30. The number of carbonyl (C=O) groups excluding carboxylic acids is 1. The molecule has 0 saturated heterocycles. The van der Waals surface area contributed by atoms with Crippen molar-refractivity contribution in [3.8, 4) is 23.5 Å². The molecule has 4 aromatic carbocycles. The number of terminal acetylenes is 1. The summed E-state index contributed by atoms with van der Waals surface area (Å²) in [6, 6.07) is 27.8. The minimum absolute atomic E-state index is 0.241. The average molecular weight is 542 g/mol. The molecule has 6 heteroatoms. The highest BCUT2D eigenvalue weighted by Gasteiger charge is 2.17. The minimum atomic E-state index is -0.952. The van der Waals surface area contributed by atoms with Gasteiger partial charge in [0.15, 0.2) is 0 Å². The first kappa shape index (κ1) is 27.4. The number of carbonyl (C=O) groups is 2. The van der Waals surface area contributed by atoms with E-state index in [0.717, 1.165) is 33.3 Å². The number of rotatable bonds is 8. The van der Waals surface area contributed by atoms with Crippen LogP contribution in [0.4, 0.5) is 0 Å². The van der Waals surface area contributed by atoms with Crippen molar-refractivity contribution in [1.29, 1.82) is 0 Å². The highest BCUT2D eigenvalue weighted by molar-refractivity contribution is 5.99. The summed E-state index contributed by atoms with van der Waals surface area (Å²) in [4.78, 5) is 24.8. The average Bonchev–Trinajstić information content (AvgIpc) is 3.30. The Bertz CT molecular complexity index is 1790. The van der Waals surface area contributed by atoms with Gasteiger partial charge in [-0.1, -0.05) is 86.5 Å². The fraction of sp³-hybridized carbons (Fsp3) is 0.171. The van der Waals surface area contributed by atoms with Crippen LogP contribution < -0.4 is 5.32 Å². The van der Waals surface area contributed by atoms with Crippen LogP contribution in [0.3, 0.4) is 0 Å². The maximum Gasteiger partial charge on any atom is 0.336 e. The van der Waals surface area contributed by atoms with Crippen LogP contribution in [-0.4, -0.2) is 26.8 Å². The second-order valence-electron chi connectivity index (χ2n) is 10.4. The molecule has 6 nitrogen and oxygen atoms in total. The van der Waals surface area contributed by atoms with E-state index in [-0.39, 0.29) is 11.5 Å². The van der Waals surface area contributed by atoms with Gasteiger partial charge in [-0.05, 0) is 64.9 Å². The molecular formula is C35H31N3O3. The molecule has 41 heavy (non-hydrogen) atoms. The highest BCUT2D eigenvalue weighted by atomic mass is 16.4. The number of amides is 1. The van der Waals surface area contributed by atoms with E-state index in [1.54, 1.807) is 18.2 Å². The molecule has 0 aliphatic carbocycles. The molecule has 1 heterocycles. The van der Waals surface area contributed by atoms with Crippen molar-refractivity contribution < 1.29 is 14.7 Å². The Balaban J connectivity index is 1.35. The number of aromatic nitrogens is 2. The predicted molar refractivity (Wildman–Crippen MR) is 162 cm³/mol. The number of nitrogens with zero attached hydrogens (tertiary/aromatic N) is 2. The van der Waals surface area contributed by atoms with Crippen LogP contribution >= 0.6 is 0 Å². The quantitative estimate of drug-likeness (QED) is 0.208. The summed E-state index contributed by atoms with van der Waals surface area (Å²) < 4.78 is 1.91. The standard InChI is InChI=1S/C35H31N3O3/c1-5-32(27-10-8-9-26(19-27)22(2)3)36-34(39)28-17-18-33-31(20-28)23(4)37-38(33)21-24-13-15-25(16-14-24)29-11-6-7-12-30(29)35(40)41/h1,6-20,22,32H,21H2,2-4H3,(H,36,39)(H,40,41)/t32-/m0/s1. The lowest BCUT2D eigenvalue weighted by atomic mass is 9.97. The van der Waals surface area contributed by atoms with Crippen LogP contribution in [0, 0.1) is 19.3 Å². The second kappa shape index (κ2) is 11.5. The third kappa shape index (κ3) is 5.75. The van der Waals surface area contributed by atoms with Crippen LogP contribution in [0.25, 0.3) is 22.0 Å². The van der Waals surface area contributed by atoms with E-state index in [1.165, 1.54) is 5.56 Å². The van der Waals surface area contributed by atoms with Crippen LogP contribution in [0.2, 0.25) is 0 Å². The van der Waals surface area contributed by atoms with Crippen molar-refractivity contribution >= 4 is 22.8 Å². The number of hydrogen-bond acceptors (Lipinski definition) is 3. The van der Waals surface area contributed by atoms with E-state index in [9.17, 15) is 14.7 Å². The summed E-state index contributed by atoms with van der Waals surface area (Å²) in [7, 11) is 0. The Hall–Kier alpha value is -5.15. The van der Waals surface area contributed by atoms with E-state index in [0.29, 0.717) is 23.6 Å². The molecule has 1 amide bonds. The van der Waals surface area contributed by atoms with Crippen molar-refractivity contribution in [2.24, 2.45) is 0 Å². The predicted octanol–water partition coefficient (Wildman–Crippen LogP) is 6.99. The number of aryl methyl sites for hydroxylation is 1. The Labute approximate surface area is 239 Å². The fourth-order valence-corrected chi connectivity index (χ4v) is 5.02. The molecule has 0 unspecified atom stereocenters. The van der Waals surface area contributed by atoms with Crippen LogP contribution in [-0.2, 0) is 6.54 Å². The molecule has 0 fully saturated rings. The zero-order chi connectivity index (χ0) is 29.1. The number of nitrogens with one attached hydrogen (secondary N) is 1. The van der Waals surface area contributed by atoms with E-state index < -0.39 is 12.0 Å². The van der Waals surface area contributed by atoms with Crippen molar-refractivity contribution in [2.45, 2.75) is 39.3 Å². The normalized spacial score (nSPS) is 11.8. The molecule has 5 rings (SSSR count). The van der Waals surface area contributed by atoms with Gasteiger partial charge in [-0.3, -0.25) is 9.48 Å². The molecule has 1 aromatic heterocycles. The Kier molecular flexibility index (Phi) is 7.71. The molecule has 204 valence electrons. The van der Waals surface area contributed by atoms with Gasteiger partial charge in [0.2, 0.25) is 0 Å². The molecule has 0 radical (unpaired) electrons. The lowest BCUT2D eigenvalue weighted by Gasteiger charge is -2.16. The van der Waals surface area contributed by atoms with Gasteiger partial charge in [-0.25, -0.2) is 4.79 Å². The summed E-state index contributed by atoms with van der Waals surface area (Å²) in [5.74, 6) is 1.88. The van der Waals surface area contributed by atoms with Gasteiger partial charge in [-0.15, -0.1) is 6.42 Å². The molecule has 0 spiro atoms. The van der Waals surface area contributed by atoms with Gasteiger partial charge in [0.1, 0.15) is 6.04 Å². The number of carboxylic acid groups (broad SMARTS) is 1. The summed E-state index contributed by atoms with van der Waals surface area (Å²) in [5, 5.41) is 18.1. The first-order chi connectivity index (χ1) is 19.7. The van der Waals surface area contributed by atoms with Crippen LogP contribution in [0.5, 0.6) is 0 Å². The first-order valence-corrected chi connectivity index (χ1v) is 13.5. The molecule has 0 saturated carbocycles. The zero-order valence-corrected chi connectivity index (χ0v) is 23.3. The molecular weight excluding hydrogens is 510 g/mol. The molecule has 2 N–H and O–H groups in total. The Morgan fingerprint density at radius 1 is 0.951 bits per heavy atom. The number of hydrogen-bond donors (Lipinski definition) is 2. The smallest absolute Gasteiger partial charge is 0.336 e. The van der Waals surface area contributed by atoms with Crippen molar-refractivity contribution in [3.05, 3.63) is 125 Å².